The predicted molar refractivity (Wildman–Crippen MR) is 89.6 cm³/mol. The molecular formula is C16H19N3OS2. The van der Waals surface area contributed by atoms with Gasteiger partial charge in [-0.15, -0.1) is 22.7 Å². The quantitative estimate of drug-likeness (QED) is 0.866. The molecule has 0 N–H and O–H groups in total. The second kappa shape index (κ2) is 6.10. The molecule has 0 spiro atoms. The lowest BCUT2D eigenvalue weighted by molar-refractivity contribution is 0.0632. The summed E-state index contributed by atoms with van der Waals surface area (Å²) in [5, 5.41) is 2.10. The Morgan fingerprint density at radius 1 is 1.23 bits per heavy atom. The number of aromatic nitrogens is 1. The summed E-state index contributed by atoms with van der Waals surface area (Å²) in [6, 6.07) is 2.14. The van der Waals surface area contributed by atoms with Crippen LogP contribution in [0.1, 0.15) is 32.2 Å². The van der Waals surface area contributed by atoms with Crippen molar-refractivity contribution in [3.8, 4) is 0 Å². The number of carbonyl (C=O) groups excluding carboxylic acids is 1. The van der Waals surface area contributed by atoms with Crippen molar-refractivity contribution >= 4 is 28.6 Å². The van der Waals surface area contributed by atoms with Crippen LogP contribution in [0, 0.1) is 0 Å². The predicted octanol–water partition coefficient (Wildman–Crippen LogP) is 2.65. The Balaban J connectivity index is 1.35. The van der Waals surface area contributed by atoms with Crippen molar-refractivity contribution in [3.63, 3.8) is 0 Å². The number of piperazine rings is 1. The summed E-state index contributed by atoms with van der Waals surface area (Å²) in [7, 11) is 0. The number of aryl methyl sites for hydroxylation is 2. The van der Waals surface area contributed by atoms with Crippen molar-refractivity contribution in [3.05, 3.63) is 38.0 Å². The summed E-state index contributed by atoms with van der Waals surface area (Å²) in [5.74, 6) is 0.229. The first-order valence-electron chi connectivity index (χ1n) is 7.80. The Morgan fingerprint density at radius 3 is 2.82 bits per heavy atom. The largest absolute Gasteiger partial charge is 0.335 e. The zero-order chi connectivity index (χ0) is 14.9. The van der Waals surface area contributed by atoms with E-state index in [1.165, 1.54) is 16.9 Å². The standard InChI is InChI=1S/C16H19N3OS2/c20-16(15-8-12-2-1-3-14(12)22-15)19-6-4-18(5-7-19)9-13-10-21-11-17-13/h8,10-11H,1-7,9H2. The summed E-state index contributed by atoms with van der Waals surface area (Å²) in [5.41, 5.74) is 4.43. The van der Waals surface area contributed by atoms with E-state index in [2.05, 4.69) is 21.3 Å². The number of thiophene rings is 1. The van der Waals surface area contributed by atoms with Crippen LogP contribution in [0.4, 0.5) is 0 Å². The van der Waals surface area contributed by atoms with Gasteiger partial charge in [-0.3, -0.25) is 9.69 Å². The highest BCUT2D eigenvalue weighted by Crippen LogP contribution is 2.31. The van der Waals surface area contributed by atoms with Gasteiger partial charge in [0.1, 0.15) is 0 Å². The maximum atomic E-state index is 12.6. The van der Waals surface area contributed by atoms with Crippen molar-refractivity contribution in [1.82, 2.24) is 14.8 Å². The minimum Gasteiger partial charge on any atom is -0.335 e. The molecule has 2 aliphatic rings. The number of hydrogen-bond donors (Lipinski definition) is 0. The van der Waals surface area contributed by atoms with Crippen LogP contribution in [0.15, 0.2) is 17.0 Å². The molecule has 4 rings (SSSR count). The Labute approximate surface area is 138 Å². The molecule has 0 aromatic carbocycles. The Hall–Kier alpha value is -1.24. The molecule has 0 bridgehead atoms. The lowest BCUT2D eigenvalue weighted by Crippen LogP contribution is -2.48. The third-order valence-corrected chi connectivity index (χ3v) is 6.35. The molecule has 4 nitrogen and oxygen atoms in total. The zero-order valence-corrected chi connectivity index (χ0v) is 14.1. The highest BCUT2D eigenvalue weighted by atomic mass is 32.1. The van der Waals surface area contributed by atoms with E-state index in [4.69, 9.17) is 0 Å². The van der Waals surface area contributed by atoms with Crippen LogP contribution in [-0.4, -0.2) is 46.9 Å². The Kier molecular flexibility index (Phi) is 3.98. The molecule has 116 valence electrons. The fraction of sp³-hybridized carbons (Fsp3) is 0.500. The van der Waals surface area contributed by atoms with Crippen LogP contribution in [0.2, 0.25) is 0 Å². The number of amides is 1. The average Bonchev–Trinajstić information content (AvgIpc) is 3.24. The van der Waals surface area contributed by atoms with Gasteiger partial charge in [-0.1, -0.05) is 0 Å². The topological polar surface area (TPSA) is 36.4 Å². The number of hydrogen-bond acceptors (Lipinski definition) is 5. The second-order valence-electron chi connectivity index (χ2n) is 5.96. The molecule has 3 heterocycles. The van der Waals surface area contributed by atoms with E-state index in [0.717, 1.165) is 56.1 Å². The van der Waals surface area contributed by atoms with Gasteiger partial charge < -0.3 is 4.90 Å². The number of nitrogens with zero attached hydrogens (tertiary/aromatic N) is 3. The van der Waals surface area contributed by atoms with Crippen LogP contribution in [0.3, 0.4) is 0 Å². The number of thiazole rings is 1. The molecule has 1 fully saturated rings. The van der Waals surface area contributed by atoms with Crippen molar-refractivity contribution < 1.29 is 4.79 Å². The van der Waals surface area contributed by atoms with Gasteiger partial charge in [-0.2, -0.15) is 0 Å². The second-order valence-corrected chi connectivity index (χ2v) is 7.82. The van der Waals surface area contributed by atoms with Crippen molar-refractivity contribution in [2.45, 2.75) is 25.8 Å². The maximum Gasteiger partial charge on any atom is 0.264 e. The normalized spacial score (nSPS) is 18.6. The summed E-state index contributed by atoms with van der Waals surface area (Å²) in [6.07, 6.45) is 3.57. The first-order chi connectivity index (χ1) is 10.8. The highest BCUT2D eigenvalue weighted by molar-refractivity contribution is 7.14. The van der Waals surface area contributed by atoms with Gasteiger partial charge in [0, 0.05) is 43.0 Å². The van der Waals surface area contributed by atoms with E-state index < -0.39 is 0 Å². The summed E-state index contributed by atoms with van der Waals surface area (Å²) in [4.78, 5) is 23.7. The summed E-state index contributed by atoms with van der Waals surface area (Å²) < 4.78 is 0. The van der Waals surface area contributed by atoms with Gasteiger partial charge in [-0.25, -0.2) is 4.98 Å². The van der Waals surface area contributed by atoms with E-state index in [0.29, 0.717) is 0 Å². The minimum absolute atomic E-state index is 0.229. The smallest absolute Gasteiger partial charge is 0.264 e. The fourth-order valence-electron chi connectivity index (χ4n) is 3.24. The van der Waals surface area contributed by atoms with Gasteiger partial charge >= 0.3 is 0 Å². The molecular weight excluding hydrogens is 314 g/mol. The monoisotopic (exact) mass is 333 g/mol. The number of rotatable bonds is 3. The van der Waals surface area contributed by atoms with Gasteiger partial charge in [0.25, 0.3) is 5.91 Å². The Morgan fingerprint density at radius 2 is 2.09 bits per heavy atom. The van der Waals surface area contributed by atoms with Crippen LogP contribution >= 0.6 is 22.7 Å². The van der Waals surface area contributed by atoms with Crippen molar-refractivity contribution in [1.29, 1.82) is 0 Å². The molecule has 0 atom stereocenters. The van der Waals surface area contributed by atoms with Crippen LogP contribution in [0.5, 0.6) is 0 Å². The minimum atomic E-state index is 0.229. The van der Waals surface area contributed by atoms with E-state index in [-0.39, 0.29) is 5.91 Å². The molecule has 2 aromatic heterocycles. The van der Waals surface area contributed by atoms with E-state index in [1.807, 2.05) is 10.4 Å². The molecule has 1 aliphatic heterocycles. The van der Waals surface area contributed by atoms with Crippen molar-refractivity contribution in [2.75, 3.05) is 26.2 Å². The van der Waals surface area contributed by atoms with Crippen LogP contribution in [0.25, 0.3) is 0 Å². The lowest BCUT2D eigenvalue weighted by Gasteiger charge is -2.34. The van der Waals surface area contributed by atoms with Crippen LogP contribution in [-0.2, 0) is 19.4 Å². The number of fused-ring (bicyclic) bond motifs is 1. The molecule has 22 heavy (non-hydrogen) atoms. The molecule has 1 aliphatic carbocycles. The molecule has 0 saturated carbocycles. The maximum absolute atomic E-state index is 12.6. The molecule has 1 amide bonds. The third-order valence-electron chi connectivity index (χ3n) is 4.49. The zero-order valence-electron chi connectivity index (χ0n) is 12.5. The van der Waals surface area contributed by atoms with Gasteiger partial charge in [0.2, 0.25) is 0 Å². The van der Waals surface area contributed by atoms with E-state index in [9.17, 15) is 4.79 Å². The number of carbonyl (C=O) groups is 1. The van der Waals surface area contributed by atoms with Gasteiger partial charge in [0.05, 0.1) is 16.1 Å². The molecule has 1 saturated heterocycles. The van der Waals surface area contributed by atoms with Gasteiger partial charge in [0.15, 0.2) is 0 Å². The SMILES string of the molecule is O=C(c1cc2c(s1)CCC2)N1CCN(Cc2cscn2)CC1. The first kappa shape index (κ1) is 14.4. The highest BCUT2D eigenvalue weighted by Gasteiger charge is 2.25. The Bertz CT molecular complexity index is 635. The fourth-order valence-corrected chi connectivity index (χ4v) is 5.02. The van der Waals surface area contributed by atoms with Gasteiger partial charge in [-0.05, 0) is 30.9 Å². The first-order valence-corrected chi connectivity index (χ1v) is 9.56. The molecule has 2 aromatic rings. The molecule has 0 radical (unpaired) electrons. The molecule has 0 unspecified atom stereocenters. The third kappa shape index (κ3) is 2.83. The average molecular weight is 333 g/mol. The van der Waals surface area contributed by atoms with Crippen molar-refractivity contribution in [2.24, 2.45) is 0 Å². The summed E-state index contributed by atoms with van der Waals surface area (Å²) >= 11 is 3.36. The van der Waals surface area contributed by atoms with E-state index >= 15 is 0 Å². The summed E-state index contributed by atoms with van der Waals surface area (Å²) in [6.45, 7) is 4.43. The van der Waals surface area contributed by atoms with Crippen LogP contribution < -0.4 is 0 Å². The lowest BCUT2D eigenvalue weighted by atomic mass is 10.2. The molecule has 6 heteroatoms. The van der Waals surface area contributed by atoms with E-state index in [1.54, 1.807) is 22.7 Å².